The molecule has 1 fully saturated rings. The Labute approximate surface area is 120 Å². The van der Waals surface area contributed by atoms with Crippen LogP contribution < -0.4 is 10.6 Å². The van der Waals surface area contributed by atoms with Gasteiger partial charge in [0.15, 0.2) is 0 Å². The fourth-order valence-electron chi connectivity index (χ4n) is 1.73. The normalized spacial score (nSPS) is 18.9. The van der Waals surface area contributed by atoms with Crippen molar-refractivity contribution in [3.05, 3.63) is 22.2 Å². The van der Waals surface area contributed by atoms with Crippen molar-refractivity contribution in [1.29, 1.82) is 0 Å². The highest BCUT2D eigenvalue weighted by Gasteiger charge is 2.19. The van der Waals surface area contributed by atoms with E-state index in [1.807, 2.05) is 23.5 Å². The lowest BCUT2D eigenvalue weighted by atomic mass is 10.3. The zero-order valence-electron chi connectivity index (χ0n) is 10.6. The third-order valence-electron chi connectivity index (χ3n) is 2.71. The molecule has 1 saturated heterocycles. The van der Waals surface area contributed by atoms with Gasteiger partial charge in [0.25, 0.3) is 0 Å². The Morgan fingerprint density at radius 1 is 1.53 bits per heavy atom. The van der Waals surface area contributed by atoms with Gasteiger partial charge in [0.1, 0.15) is 5.82 Å². The number of hydrogen-bond acceptors (Lipinski definition) is 7. The Morgan fingerprint density at radius 2 is 2.37 bits per heavy atom. The molecule has 1 aromatic heterocycles. The van der Waals surface area contributed by atoms with Crippen molar-refractivity contribution in [3.8, 4) is 0 Å². The summed E-state index contributed by atoms with van der Waals surface area (Å²) in [5.74, 6) is 4.38. The summed E-state index contributed by atoms with van der Waals surface area (Å²) in [7, 11) is 1.74. The van der Waals surface area contributed by atoms with Crippen LogP contribution in [0.4, 0.5) is 17.3 Å². The average Bonchev–Trinajstić information content (AvgIpc) is 2.45. The molecule has 1 aromatic rings. The van der Waals surface area contributed by atoms with Gasteiger partial charge in [-0.1, -0.05) is 0 Å². The van der Waals surface area contributed by atoms with Crippen LogP contribution in [-0.4, -0.2) is 46.0 Å². The Hall–Kier alpha value is -1.15. The van der Waals surface area contributed by atoms with E-state index >= 15 is 0 Å². The molecular weight excluding hydrogens is 284 g/mol. The lowest BCUT2D eigenvalue weighted by molar-refractivity contribution is -0.384. The van der Waals surface area contributed by atoms with Crippen LogP contribution >= 0.6 is 23.5 Å². The Bertz CT molecular complexity index is 452. The van der Waals surface area contributed by atoms with Gasteiger partial charge in [-0.15, -0.1) is 0 Å². The SMILES string of the molecule is CNc1ccc([N+](=O)[O-])c(NCC2CSCCS2)n1. The van der Waals surface area contributed by atoms with Gasteiger partial charge < -0.3 is 10.6 Å². The number of anilines is 2. The largest absolute Gasteiger partial charge is 0.373 e. The summed E-state index contributed by atoms with van der Waals surface area (Å²) in [5, 5.41) is 17.5. The molecule has 2 rings (SSSR count). The minimum atomic E-state index is -0.405. The molecule has 0 bridgehead atoms. The highest BCUT2D eigenvalue weighted by atomic mass is 32.2. The molecule has 2 heterocycles. The summed E-state index contributed by atoms with van der Waals surface area (Å²) < 4.78 is 0. The van der Waals surface area contributed by atoms with Crippen LogP contribution in [0.5, 0.6) is 0 Å². The van der Waals surface area contributed by atoms with Crippen LogP contribution in [0.25, 0.3) is 0 Å². The van der Waals surface area contributed by atoms with Crippen LogP contribution in [0.1, 0.15) is 0 Å². The third-order valence-corrected chi connectivity index (χ3v) is 5.55. The van der Waals surface area contributed by atoms with E-state index in [1.165, 1.54) is 11.8 Å². The number of thioether (sulfide) groups is 2. The molecule has 1 aliphatic rings. The van der Waals surface area contributed by atoms with Crippen molar-refractivity contribution in [2.24, 2.45) is 0 Å². The monoisotopic (exact) mass is 300 g/mol. The third kappa shape index (κ3) is 3.90. The van der Waals surface area contributed by atoms with Crippen molar-refractivity contribution in [3.63, 3.8) is 0 Å². The van der Waals surface area contributed by atoms with Gasteiger partial charge in [-0.25, -0.2) is 4.98 Å². The first-order valence-corrected chi connectivity index (χ1v) is 8.17. The second-order valence-corrected chi connectivity index (χ2v) is 6.58. The van der Waals surface area contributed by atoms with E-state index in [2.05, 4.69) is 15.6 Å². The van der Waals surface area contributed by atoms with Crippen LogP contribution in [0, 0.1) is 10.1 Å². The summed E-state index contributed by atoms with van der Waals surface area (Å²) in [4.78, 5) is 14.8. The molecule has 19 heavy (non-hydrogen) atoms. The van der Waals surface area contributed by atoms with Crippen molar-refractivity contribution < 1.29 is 4.92 Å². The maximum Gasteiger partial charge on any atom is 0.311 e. The van der Waals surface area contributed by atoms with E-state index in [4.69, 9.17) is 0 Å². The minimum absolute atomic E-state index is 0.0208. The highest BCUT2D eigenvalue weighted by molar-refractivity contribution is 8.06. The first kappa shape index (κ1) is 14.3. The lowest BCUT2D eigenvalue weighted by Gasteiger charge is -2.21. The molecule has 0 saturated carbocycles. The molecule has 1 unspecified atom stereocenters. The van der Waals surface area contributed by atoms with Gasteiger partial charge in [-0.05, 0) is 6.07 Å². The Kier molecular flexibility index (Phi) is 5.15. The predicted molar refractivity (Wildman–Crippen MR) is 82.5 cm³/mol. The Morgan fingerprint density at radius 3 is 3.00 bits per heavy atom. The number of rotatable bonds is 5. The van der Waals surface area contributed by atoms with Crippen LogP contribution in [0.3, 0.4) is 0 Å². The quantitative estimate of drug-likeness (QED) is 0.638. The number of aromatic nitrogens is 1. The van der Waals surface area contributed by atoms with E-state index < -0.39 is 4.92 Å². The van der Waals surface area contributed by atoms with Gasteiger partial charge in [-0.2, -0.15) is 23.5 Å². The number of nitro groups is 1. The summed E-state index contributed by atoms with van der Waals surface area (Å²) in [5.41, 5.74) is 0.0208. The van der Waals surface area contributed by atoms with Gasteiger partial charge >= 0.3 is 5.69 Å². The van der Waals surface area contributed by atoms with Crippen LogP contribution in [0.2, 0.25) is 0 Å². The molecule has 0 aliphatic carbocycles. The Balaban J connectivity index is 2.06. The molecule has 8 heteroatoms. The van der Waals surface area contributed by atoms with Crippen molar-refractivity contribution in [2.75, 3.05) is 41.5 Å². The fourth-order valence-corrected chi connectivity index (χ4v) is 4.35. The zero-order chi connectivity index (χ0) is 13.7. The van der Waals surface area contributed by atoms with E-state index in [0.717, 1.165) is 11.5 Å². The molecule has 104 valence electrons. The highest BCUT2D eigenvalue weighted by Crippen LogP contribution is 2.27. The van der Waals surface area contributed by atoms with Gasteiger partial charge in [0, 0.05) is 42.2 Å². The molecule has 0 spiro atoms. The number of hydrogen-bond donors (Lipinski definition) is 2. The van der Waals surface area contributed by atoms with Crippen LogP contribution in [-0.2, 0) is 0 Å². The zero-order valence-corrected chi connectivity index (χ0v) is 12.2. The first-order valence-electron chi connectivity index (χ1n) is 5.97. The standard InChI is InChI=1S/C11H16N4O2S2/c1-12-10-3-2-9(15(16)17)11(14-10)13-6-8-7-18-4-5-19-8/h2-3,8H,4-7H2,1H3,(H2,12,13,14). The van der Waals surface area contributed by atoms with E-state index in [9.17, 15) is 10.1 Å². The summed E-state index contributed by atoms with van der Waals surface area (Å²) in [6, 6.07) is 3.08. The van der Waals surface area contributed by atoms with Crippen LogP contribution in [0.15, 0.2) is 12.1 Å². The maximum atomic E-state index is 11.0. The van der Waals surface area contributed by atoms with Crippen molar-refractivity contribution >= 4 is 40.8 Å². The van der Waals surface area contributed by atoms with Gasteiger partial charge in [-0.3, -0.25) is 10.1 Å². The fraction of sp³-hybridized carbons (Fsp3) is 0.545. The molecule has 0 amide bonds. The predicted octanol–water partition coefficient (Wildman–Crippen LogP) is 2.29. The second kappa shape index (κ2) is 6.85. The topological polar surface area (TPSA) is 80.1 Å². The van der Waals surface area contributed by atoms with Gasteiger partial charge in [0.05, 0.1) is 4.92 Å². The number of nitrogens with one attached hydrogen (secondary N) is 2. The molecular formula is C11H16N4O2S2. The molecule has 1 aliphatic heterocycles. The molecule has 0 aromatic carbocycles. The molecule has 2 N–H and O–H groups in total. The lowest BCUT2D eigenvalue weighted by Crippen LogP contribution is -2.24. The van der Waals surface area contributed by atoms with Gasteiger partial charge in [0.2, 0.25) is 5.82 Å². The molecule has 0 radical (unpaired) electrons. The maximum absolute atomic E-state index is 11.0. The van der Waals surface area contributed by atoms with E-state index in [0.29, 0.717) is 23.4 Å². The summed E-state index contributed by atoms with van der Waals surface area (Å²) in [6.07, 6.45) is 0. The summed E-state index contributed by atoms with van der Waals surface area (Å²) in [6.45, 7) is 0.707. The number of nitrogens with zero attached hydrogens (tertiary/aromatic N) is 2. The molecule has 6 nitrogen and oxygen atoms in total. The van der Waals surface area contributed by atoms with E-state index in [1.54, 1.807) is 13.1 Å². The molecule has 1 atom stereocenters. The van der Waals surface area contributed by atoms with Crippen molar-refractivity contribution in [1.82, 2.24) is 4.98 Å². The first-order chi connectivity index (χ1) is 9.20. The summed E-state index contributed by atoms with van der Waals surface area (Å²) >= 11 is 3.84. The smallest absolute Gasteiger partial charge is 0.311 e. The van der Waals surface area contributed by atoms with E-state index in [-0.39, 0.29) is 5.69 Å². The number of pyridine rings is 1. The average molecular weight is 300 g/mol. The van der Waals surface area contributed by atoms with Crippen molar-refractivity contribution in [2.45, 2.75) is 5.25 Å². The minimum Gasteiger partial charge on any atom is -0.373 e. The second-order valence-electron chi connectivity index (χ2n) is 4.02.